The maximum atomic E-state index is 8.65. The van der Waals surface area contributed by atoms with Crippen LogP contribution in [0.15, 0.2) is 17.5 Å². The molecule has 0 bridgehead atoms. The van der Waals surface area contributed by atoms with Gasteiger partial charge < -0.3 is 14.7 Å². The number of imidazole rings is 1. The van der Waals surface area contributed by atoms with Crippen LogP contribution in [0.2, 0.25) is 0 Å². The van der Waals surface area contributed by atoms with Crippen LogP contribution in [-0.4, -0.2) is 45.0 Å². The van der Waals surface area contributed by atoms with Crippen LogP contribution in [0.25, 0.3) is 0 Å². The highest BCUT2D eigenvalue weighted by Crippen LogP contribution is 2.08. The summed E-state index contributed by atoms with van der Waals surface area (Å²) in [6, 6.07) is 0. The standard InChI is InChI=1S/C11H18N4O/c1-14-9-5-12-11(14)4-8-15-6-2-10(13-16)3-7-15/h5,9,16H,2-4,6-8H2,1H3. The number of aryl methyl sites for hydroxylation is 1. The highest BCUT2D eigenvalue weighted by molar-refractivity contribution is 5.84. The summed E-state index contributed by atoms with van der Waals surface area (Å²) < 4.78 is 2.06. The quantitative estimate of drug-likeness (QED) is 0.610. The third-order valence-electron chi connectivity index (χ3n) is 3.15. The topological polar surface area (TPSA) is 53.7 Å². The fourth-order valence-electron chi connectivity index (χ4n) is 2.03. The SMILES string of the molecule is Cn1ccnc1CCN1CCC(=NO)CC1. The normalized spacial score (nSPS) is 17.7. The van der Waals surface area contributed by atoms with E-state index in [-0.39, 0.29) is 0 Å². The molecule has 2 heterocycles. The summed E-state index contributed by atoms with van der Waals surface area (Å²) in [4.78, 5) is 6.70. The fraction of sp³-hybridized carbons (Fsp3) is 0.636. The highest BCUT2D eigenvalue weighted by atomic mass is 16.4. The summed E-state index contributed by atoms with van der Waals surface area (Å²) in [6.45, 7) is 3.01. The molecule has 1 aliphatic heterocycles. The molecule has 16 heavy (non-hydrogen) atoms. The molecule has 0 amide bonds. The molecule has 1 aromatic heterocycles. The Morgan fingerprint density at radius 3 is 2.75 bits per heavy atom. The largest absolute Gasteiger partial charge is 0.411 e. The van der Waals surface area contributed by atoms with Crippen LogP contribution in [0, 0.1) is 0 Å². The Labute approximate surface area is 95.4 Å². The molecule has 88 valence electrons. The van der Waals surface area contributed by atoms with Gasteiger partial charge in [-0.1, -0.05) is 5.16 Å². The Morgan fingerprint density at radius 2 is 2.19 bits per heavy atom. The first-order chi connectivity index (χ1) is 7.79. The maximum absolute atomic E-state index is 8.65. The molecule has 0 spiro atoms. The third kappa shape index (κ3) is 2.61. The zero-order valence-electron chi connectivity index (χ0n) is 9.63. The number of hydrogen-bond acceptors (Lipinski definition) is 4. The molecule has 0 aromatic carbocycles. The second-order valence-corrected chi connectivity index (χ2v) is 4.21. The zero-order valence-corrected chi connectivity index (χ0v) is 9.63. The first-order valence-corrected chi connectivity index (χ1v) is 5.68. The molecule has 0 aliphatic carbocycles. The lowest BCUT2D eigenvalue weighted by molar-refractivity contribution is 0.264. The third-order valence-corrected chi connectivity index (χ3v) is 3.15. The van der Waals surface area contributed by atoms with Gasteiger partial charge in [0, 0.05) is 58.3 Å². The first kappa shape index (κ1) is 11.1. The van der Waals surface area contributed by atoms with Gasteiger partial charge in [0.15, 0.2) is 0 Å². The van der Waals surface area contributed by atoms with E-state index in [9.17, 15) is 0 Å². The number of nitrogens with zero attached hydrogens (tertiary/aromatic N) is 4. The van der Waals surface area contributed by atoms with Crippen molar-refractivity contribution in [3.63, 3.8) is 0 Å². The minimum Gasteiger partial charge on any atom is -0.411 e. The van der Waals surface area contributed by atoms with Crippen LogP contribution in [0.4, 0.5) is 0 Å². The van der Waals surface area contributed by atoms with Gasteiger partial charge >= 0.3 is 0 Å². The van der Waals surface area contributed by atoms with E-state index in [1.807, 2.05) is 19.4 Å². The van der Waals surface area contributed by atoms with Gasteiger partial charge in [0.2, 0.25) is 0 Å². The molecule has 1 saturated heterocycles. The molecular formula is C11H18N4O. The average molecular weight is 222 g/mol. The molecular weight excluding hydrogens is 204 g/mol. The molecule has 1 aliphatic rings. The Hall–Kier alpha value is -1.36. The Bertz CT molecular complexity index is 362. The minimum absolute atomic E-state index is 0.886. The van der Waals surface area contributed by atoms with E-state index in [1.54, 1.807) is 0 Å². The van der Waals surface area contributed by atoms with Crippen molar-refractivity contribution in [2.75, 3.05) is 19.6 Å². The number of hydrogen-bond donors (Lipinski definition) is 1. The Balaban J connectivity index is 1.78. The second-order valence-electron chi connectivity index (χ2n) is 4.21. The van der Waals surface area contributed by atoms with Crippen molar-refractivity contribution in [1.29, 1.82) is 0 Å². The molecule has 5 heteroatoms. The molecule has 0 atom stereocenters. The lowest BCUT2D eigenvalue weighted by Gasteiger charge is -2.26. The van der Waals surface area contributed by atoms with E-state index in [1.165, 1.54) is 0 Å². The predicted octanol–water partition coefficient (Wildman–Crippen LogP) is 0.889. The zero-order chi connectivity index (χ0) is 11.4. The second kappa shape index (κ2) is 5.12. The van der Waals surface area contributed by atoms with E-state index in [2.05, 4.69) is 19.6 Å². The highest BCUT2D eigenvalue weighted by Gasteiger charge is 2.15. The van der Waals surface area contributed by atoms with Crippen molar-refractivity contribution in [2.45, 2.75) is 19.3 Å². The van der Waals surface area contributed by atoms with Crippen molar-refractivity contribution < 1.29 is 5.21 Å². The van der Waals surface area contributed by atoms with E-state index in [0.717, 1.165) is 50.4 Å². The number of likely N-dealkylation sites (tertiary alicyclic amines) is 1. The van der Waals surface area contributed by atoms with Crippen molar-refractivity contribution in [2.24, 2.45) is 12.2 Å². The summed E-state index contributed by atoms with van der Waals surface area (Å²) >= 11 is 0. The van der Waals surface area contributed by atoms with E-state index < -0.39 is 0 Å². The molecule has 1 aromatic rings. The van der Waals surface area contributed by atoms with E-state index in [0.29, 0.717) is 0 Å². The summed E-state index contributed by atoms with van der Waals surface area (Å²) in [5.74, 6) is 1.13. The van der Waals surface area contributed by atoms with Gasteiger partial charge in [0.25, 0.3) is 0 Å². The van der Waals surface area contributed by atoms with Gasteiger partial charge in [0.05, 0.1) is 5.71 Å². The summed E-state index contributed by atoms with van der Waals surface area (Å²) in [6.07, 6.45) is 6.56. The van der Waals surface area contributed by atoms with Crippen molar-refractivity contribution in [1.82, 2.24) is 14.5 Å². The smallest absolute Gasteiger partial charge is 0.109 e. The van der Waals surface area contributed by atoms with Gasteiger partial charge in [-0.3, -0.25) is 0 Å². The molecule has 0 radical (unpaired) electrons. The fourth-order valence-corrected chi connectivity index (χ4v) is 2.03. The number of piperidine rings is 1. The molecule has 0 saturated carbocycles. The molecule has 2 rings (SSSR count). The number of aromatic nitrogens is 2. The van der Waals surface area contributed by atoms with Gasteiger partial charge in [-0.05, 0) is 0 Å². The van der Waals surface area contributed by atoms with E-state index >= 15 is 0 Å². The summed E-state index contributed by atoms with van der Waals surface area (Å²) in [5.41, 5.74) is 0.924. The Kier molecular flexibility index (Phi) is 3.56. The first-order valence-electron chi connectivity index (χ1n) is 5.68. The molecule has 5 nitrogen and oxygen atoms in total. The molecule has 1 N–H and O–H groups in total. The average Bonchev–Trinajstić information content (AvgIpc) is 2.73. The van der Waals surface area contributed by atoms with Crippen LogP contribution in [-0.2, 0) is 13.5 Å². The molecule has 0 unspecified atom stereocenters. The van der Waals surface area contributed by atoms with Crippen LogP contribution in [0.1, 0.15) is 18.7 Å². The number of rotatable bonds is 3. The van der Waals surface area contributed by atoms with E-state index in [4.69, 9.17) is 5.21 Å². The monoisotopic (exact) mass is 222 g/mol. The van der Waals surface area contributed by atoms with Gasteiger partial charge in [-0.2, -0.15) is 0 Å². The van der Waals surface area contributed by atoms with Crippen LogP contribution < -0.4 is 0 Å². The van der Waals surface area contributed by atoms with Crippen LogP contribution in [0.3, 0.4) is 0 Å². The van der Waals surface area contributed by atoms with Crippen LogP contribution >= 0.6 is 0 Å². The lowest BCUT2D eigenvalue weighted by Crippen LogP contribution is -2.35. The van der Waals surface area contributed by atoms with Gasteiger partial charge in [-0.15, -0.1) is 0 Å². The Morgan fingerprint density at radius 1 is 1.44 bits per heavy atom. The number of oxime groups is 1. The van der Waals surface area contributed by atoms with Gasteiger partial charge in [-0.25, -0.2) is 4.98 Å². The van der Waals surface area contributed by atoms with Crippen molar-refractivity contribution in [3.8, 4) is 0 Å². The lowest BCUT2D eigenvalue weighted by atomic mass is 10.1. The van der Waals surface area contributed by atoms with Gasteiger partial charge in [0.1, 0.15) is 5.82 Å². The van der Waals surface area contributed by atoms with Crippen LogP contribution in [0.5, 0.6) is 0 Å². The summed E-state index contributed by atoms with van der Waals surface area (Å²) in [7, 11) is 2.02. The maximum Gasteiger partial charge on any atom is 0.109 e. The summed E-state index contributed by atoms with van der Waals surface area (Å²) in [5, 5.41) is 11.9. The molecule has 1 fully saturated rings. The van der Waals surface area contributed by atoms with Crippen molar-refractivity contribution in [3.05, 3.63) is 18.2 Å². The minimum atomic E-state index is 0.886. The van der Waals surface area contributed by atoms with Crippen molar-refractivity contribution >= 4 is 5.71 Å². The predicted molar refractivity (Wildman–Crippen MR) is 61.8 cm³/mol.